The summed E-state index contributed by atoms with van der Waals surface area (Å²) in [6.45, 7) is 1.81. The van der Waals surface area contributed by atoms with Crippen molar-refractivity contribution in [3.05, 3.63) is 87.3 Å². The summed E-state index contributed by atoms with van der Waals surface area (Å²) in [7, 11) is 1.57. The molecular formula is C23H21N5O4. The summed E-state index contributed by atoms with van der Waals surface area (Å²) in [4.78, 5) is 45.8. The van der Waals surface area contributed by atoms with Gasteiger partial charge in [0.05, 0.1) is 13.7 Å². The number of ether oxygens (including phenoxy) is 1. The summed E-state index contributed by atoms with van der Waals surface area (Å²) in [5, 5.41) is 4.10. The lowest BCUT2D eigenvalue weighted by molar-refractivity contribution is -0.129. The number of aromatic nitrogens is 2. The maximum absolute atomic E-state index is 13.3. The number of anilines is 1. The van der Waals surface area contributed by atoms with Gasteiger partial charge in [0.25, 0.3) is 11.5 Å². The van der Waals surface area contributed by atoms with Crippen LogP contribution in [0.5, 0.6) is 5.75 Å². The number of methoxy groups -OCH3 is 1. The number of rotatable bonds is 6. The highest BCUT2D eigenvalue weighted by atomic mass is 16.5. The molecule has 1 aromatic heterocycles. The molecule has 1 atom stereocenters. The fraction of sp³-hybridized carbons (Fsp3) is 0.174. The zero-order chi connectivity index (χ0) is 22.7. The van der Waals surface area contributed by atoms with Crippen LogP contribution in [0.25, 0.3) is 0 Å². The molecule has 0 bridgehead atoms. The number of hydrogen-bond donors (Lipinski definition) is 2. The Hall–Kier alpha value is -4.27. The largest absolute Gasteiger partial charge is 0.497 e. The first-order valence-electron chi connectivity index (χ1n) is 9.91. The molecule has 2 amide bonds. The maximum atomic E-state index is 13.3. The monoisotopic (exact) mass is 431 g/mol. The number of benzene rings is 2. The SMILES string of the molecule is COc1ccc(CN2C(=O)c3ccccc3C(C=NNc3nc(C)cc(=O)[nH]3)C2=O)cc1. The average Bonchev–Trinajstić information content (AvgIpc) is 2.78. The first-order chi connectivity index (χ1) is 15.5. The summed E-state index contributed by atoms with van der Waals surface area (Å²) < 4.78 is 5.16. The van der Waals surface area contributed by atoms with Crippen molar-refractivity contribution in [3.63, 3.8) is 0 Å². The molecule has 2 aromatic carbocycles. The van der Waals surface area contributed by atoms with Crippen LogP contribution in [0.2, 0.25) is 0 Å². The van der Waals surface area contributed by atoms with Gasteiger partial charge in [-0.2, -0.15) is 5.10 Å². The molecule has 0 spiro atoms. The van der Waals surface area contributed by atoms with Gasteiger partial charge in [0.1, 0.15) is 11.7 Å². The molecule has 162 valence electrons. The van der Waals surface area contributed by atoms with Gasteiger partial charge < -0.3 is 4.74 Å². The summed E-state index contributed by atoms with van der Waals surface area (Å²) in [6, 6.07) is 15.5. The lowest BCUT2D eigenvalue weighted by atomic mass is 9.89. The zero-order valence-corrected chi connectivity index (χ0v) is 17.5. The van der Waals surface area contributed by atoms with Crippen LogP contribution in [0.3, 0.4) is 0 Å². The Balaban J connectivity index is 1.61. The molecule has 1 aliphatic rings. The van der Waals surface area contributed by atoms with E-state index in [0.29, 0.717) is 22.6 Å². The molecule has 3 aromatic rings. The van der Waals surface area contributed by atoms with Crippen LogP contribution in [-0.2, 0) is 11.3 Å². The van der Waals surface area contributed by atoms with E-state index in [1.165, 1.54) is 17.2 Å². The predicted octanol–water partition coefficient (Wildman–Crippen LogP) is 2.45. The van der Waals surface area contributed by atoms with E-state index in [0.717, 1.165) is 5.56 Å². The smallest absolute Gasteiger partial charge is 0.261 e. The Morgan fingerprint density at radius 1 is 1.16 bits per heavy atom. The number of imide groups is 1. The summed E-state index contributed by atoms with van der Waals surface area (Å²) in [5.41, 5.74) is 4.67. The minimum atomic E-state index is -0.772. The molecule has 0 radical (unpaired) electrons. The number of hydrogen-bond acceptors (Lipinski definition) is 7. The Bertz CT molecular complexity index is 1250. The molecule has 2 heterocycles. The first-order valence-corrected chi connectivity index (χ1v) is 9.91. The molecule has 0 saturated carbocycles. The van der Waals surface area contributed by atoms with Crippen molar-refractivity contribution in [2.45, 2.75) is 19.4 Å². The zero-order valence-electron chi connectivity index (χ0n) is 17.5. The van der Waals surface area contributed by atoms with Crippen molar-refractivity contribution in [1.82, 2.24) is 14.9 Å². The lowest BCUT2D eigenvalue weighted by Crippen LogP contribution is -2.44. The number of carbonyl (C=O) groups is 2. The Kier molecular flexibility index (Phi) is 5.80. The minimum absolute atomic E-state index is 0.126. The normalized spacial score (nSPS) is 15.7. The van der Waals surface area contributed by atoms with Gasteiger partial charge in [-0.25, -0.2) is 10.4 Å². The van der Waals surface area contributed by atoms with Crippen molar-refractivity contribution < 1.29 is 14.3 Å². The molecule has 4 rings (SSSR count). The Morgan fingerprint density at radius 3 is 2.62 bits per heavy atom. The van der Waals surface area contributed by atoms with E-state index >= 15 is 0 Å². The van der Waals surface area contributed by atoms with Crippen LogP contribution in [0.1, 0.15) is 33.1 Å². The fourth-order valence-electron chi connectivity index (χ4n) is 3.52. The minimum Gasteiger partial charge on any atom is -0.497 e. The molecule has 9 nitrogen and oxygen atoms in total. The van der Waals surface area contributed by atoms with Crippen molar-refractivity contribution >= 4 is 24.0 Å². The van der Waals surface area contributed by atoms with Crippen molar-refractivity contribution in [1.29, 1.82) is 0 Å². The molecule has 0 fully saturated rings. The number of carbonyl (C=O) groups excluding carboxylic acids is 2. The number of nitrogens with one attached hydrogen (secondary N) is 2. The van der Waals surface area contributed by atoms with E-state index in [1.807, 2.05) is 12.1 Å². The van der Waals surface area contributed by atoms with Crippen molar-refractivity contribution in [2.75, 3.05) is 12.5 Å². The van der Waals surface area contributed by atoms with Crippen molar-refractivity contribution in [3.8, 4) is 5.75 Å². The van der Waals surface area contributed by atoms with Gasteiger partial charge in [-0.1, -0.05) is 30.3 Å². The van der Waals surface area contributed by atoms with Crippen LogP contribution in [-0.4, -0.2) is 40.0 Å². The summed E-state index contributed by atoms with van der Waals surface area (Å²) in [6.07, 6.45) is 1.41. The lowest BCUT2D eigenvalue weighted by Gasteiger charge is -2.31. The Morgan fingerprint density at radius 2 is 1.91 bits per heavy atom. The van der Waals surface area contributed by atoms with Crippen LogP contribution >= 0.6 is 0 Å². The molecule has 9 heteroatoms. The van der Waals surface area contributed by atoms with Gasteiger partial charge in [-0.05, 0) is 36.2 Å². The van der Waals surface area contributed by atoms with E-state index in [1.54, 1.807) is 50.4 Å². The van der Waals surface area contributed by atoms with Crippen molar-refractivity contribution in [2.24, 2.45) is 5.10 Å². The standard InChI is InChI=1S/C23H21N5O4/c1-14-11-20(29)26-23(25-14)27-24-12-19-17-5-3-4-6-18(17)21(30)28(22(19)31)13-15-7-9-16(32-2)10-8-15/h3-12,19H,13H2,1-2H3,(H2,25,26,27,29). The van der Waals surface area contributed by atoms with E-state index in [9.17, 15) is 14.4 Å². The number of fused-ring (bicyclic) bond motifs is 1. The number of hydrazone groups is 1. The van der Waals surface area contributed by atoms with E-state index < -0.39 is 5.92 Å². The van der Waals surface area contributed by atoms with Gasteiger partial charge in [0, 0.05) is 23.5 Å². The highest BCUT2D eigenvalue weighted by molar-refractivity contribution is 6.16. The second-order valence-corrected chi connectivity index (χ2v) is 7.27. The third kappa shape index (κ3) is 4.27. The van der Waals surface area contributed by atoms with Crippen LogP contribution < -0.4 is 15.7 Å². The molecule has 2 N–H and O–H groups in total. The second-order valence-electron chi connectivity index (χ2n) is 7.27. The number of aryl methyl sites for hydroxylation is 1. The molecule has 32 heavy (non-hydrogen) atoms. The van der Waals surface area contributed by atoms with E-state index in [4.69, 9.17) is 4.74 Å². The molecule has 0 aliphatic carbocycles. The van der Waals surface area contributed by atoms with Gasteiger partial charge in [0.2, 0.25) is 11.9 Å². The first kappa shape index (κ1) is 21.0. The second kappa shape index (κ2) is 8.84. The fourth-order valence-corrected chi connectivity index (χ4v) is 3.52. The number of amides is 2. The number of H-pyrrole nitrogens is 1. The maximum Gasteiger partial charge on any atom is 0.261 e. The molecule has 1 aliphatic heterocycles. The molecular weight excluding hydrogens is 410 g/mol. The van der Waals surface area contributed by atoms with Crippen LogP contribution in [0, 0.1) is 6.92 Å². The topological polar surface area (TPSA) is 117 Å². The number of aromatic amines is 1. The summed E-state index contributed by atoms with van der Waals surface area (Å²) in [5.74, 6) is -0.668. The van der Waals surface area contributed by atoms with Gasteiger partial charge >= 0.3 is 0 Å². The molecule has 1 unspecified atom stereocenters. The highest BCUT2D eigenvalue weighted by Gasteiger charge is 2.37. The van der Waals surface area contributed by atoms with Gasteiger partial charge in [0.15, 0.2) is 0 Å². The predicted molar refractivity (Wildman–Crippen MR) is 119 cm³/mol. The Labute approximate surface area is 183 Å². The highest BCUT2D eigenvalue weighted by Crippen LogP contribution is 2.29. The third-order valence-corrected chi connectivity index (χ3v) is 5.07. The average molecular weight is 431 g/mol. The molecule has 0 saturated heterocycles. The quantitative estimate of drug-likeness (QED) is 0.352. The van der Waals surface area contributed by atoms with Crippen LogP contribution in [0.4, 0.5) is 5.95 Å². The van der Waals surface area contributed by atoms with Gasteiger partial charge in [-0.15, -0.1) is 0 Å². The van der Waals surface area contributed by atoms with Gasteiger partial charge in [-0.3, -0.25) is 24.3 Å². The number of nitrogens with zero attached hydrogens (tertiary/aromatic N) is 3. The van der Waals surface area contributed by atoms with E-state index in [-0.39, 0.29) is 29.9 Å². The van der Waals surface area contributed by atoms with Crippen LogP contribution in [0.15, 0.2) is 64.5 Å². The van der Waals surface area contributed by atoms with E-state index in [2.05, 4.69) is 20.5 Å². The summed E-state index contributed by atoms with van der Waals surface area (Å²) >= 11 is 0. The third-order valence-electron chi connectivity index (χ3n) is 5.07.